The molecule has 0 aromatic heterocycles. The van der Waals surface area contributed by atoms with Gasteiger partial charge >= 0.3 is 19.5 Å². The Morgan fingerprint density at radius 3 is 2.04 bits per heavy atom. The molecule has 0 amide bonds. The van der Waals surface area contributed by atoms with Gasteiger partial charge in [-0.25, -0.2) is 0 Å². The number of methoxy groups -OCH3 is 1. The minimum Gasteiger partial charge on any atom is -0.469 e. The average Bonchev–Trinajstić information content (AvgIpc) is 2.72. The van der Waals surface area contributed by atoms with Gasteiger partial charge in [0.1, 0.15) is 5.75 Å². The Bertz CT molecular complexity index is 627. The first kappa shape index (κ1) is 20.6. The van der Waals surface area contributed by atoms with Gasteiger partial charge in [-0.1, -0.05) is 12.1 Å². The van der Waals surface area contributed by atoms with E-state index in [9.17, 15) is 18.0 Å². The molecule has 1 heterocycles. The van der Waals surface area contributed by atoms with Gasteiger partial charge in [-0.3, -0.25) is 4.79 Å². The summed E-state index contributed by atoms with van der Waals surface area (Å²) in [5.74, 6) is -1.35. The molecule has 0 spiro atoms. The van der Waals surface area contributed by atoms with E-state index in [-0.39, 0.29) is 12.2 Å². The fourth-order valence-electron chi connectivity index (χ4n) is 2.60. The van der Waals surface area contributed by atoms with Crippen molar-refractivity contribution in [2.45, 2.75) is 57.5 Å². The summed E-state index contributed by atoms with van der Waals surface area (Å²) in [5.41, 5.74) is -0.625. The molecule has 144 valence electrons. The van der Waals surface area contributed by atoms with Crippen LogP contribution in [-0.2, 0) is 18.8 Å². The Labute approximate surface area is 150 Å². The molecule has 26 heavy (non-hydrogen) atoms. The summed E-state index contributed by atoms with van der Waals surface area (Å²) in [7, 11) is 0.526. The van der Waals surface area contributed by atoms with Crippen molar-refractivity contribution in [3.63, 3.8) is 0 Å². The Balaban J connectivity index is 2.27. The molecule has 2 rings (SSSR count). The van der Waals surface area contributed by atoms with Crippen molar-refractivity contribution >= 4 is 13.1 Å². The van der Waals surface area contributed by atoms with Crippen LogP contribution in [0, 0.1) is 0 Å². The SMILES string of the molecule is COC(=O)CC(B1OC(C)(C)C(C)(C)O1)c1ccc(OC(F)(F)F)cc1. The van der Waals surface area contributed by atoms with Crippen LogP contribution in [0.1, 0.15) is 45.5 Å². The van der Waals surface area contributed by atoms with Crippen LogP contribution < -0.4 is 4.74 Å². The first-order valence-electron chi connectivity index (χ1n) is 8.13. The van der Waals surface area contributed by atoms with Crippen LogP contribution in [0.3, 0.4) is 0 Å². The molecule has 1 unspecified atom stereocenters. The molecule has 0 aliphatic carbocycles. The fraction of sp³-hybridized carbons (Fsp3) is 0.588. The summed E-state index contributed by atoms with van der Waals surface area (Å²) in [6.45, 7) is 7.51. The summed E-state index contributed by atoms with van der Waals surface area (Å²) in [6.07, 6.45) is -4.80. The lowest BCUT2D eigenvalue weighted by molar-refractivity contribution is -0.274. The Morgan fingerprint density at radius 2 is 1.62 bits per heavy atom. The molecule has 1 fully saturated rings. The first-order chi connectivity index (χ1) is 11.8. The molecule has 0 saturated carbocycles. The molecule has 9 heteroatoms. The van der Waals surface area contributed by atoms with E-state index in [1.807, 2.05) is 27.7 Å². The number of carbonyl (C=O) groups excluding carboxylic acids is 1. The minimum absolute atomic E-state index is 0.0349. The smallest absolute Gasteiger partial charge is 0.469 e. The molecule has 1 saturated heterocycles. The number of esters is 1. The molecule has 1 aliphatic heterocycles. The maximum atomic E-state index is 12.3. The molecule has 0 radical (unpaired) electrons. The number of rotatable bonds is 5. The number of carbonyl (C=O) groups is 1. The number of ether oxygens (including phenoxy) is 2. The minimum atomic E-state index is -4.77. The molecule has 1 aromatic rings. The van der Waals surface area contributed by atoms with Crippen LogP contribution in [-0.4, -0.2) is 37.8 Å². The van der Waals surface area contributed by atoms with Crippen molar-refractivity contribution in [3.8, 4) is 5.75 Å². The lowest BCUT2D eigenvalue weighted by Crippen LogP contribution is -2.41. The van der Waals surface area contributed by atoms with E-state index in [0.29, 0.717) is 5.56 Å². The molecule has 0 bridgehead atoms. The van der Waals surface area contributed by atoms with Crippen molar-refractivity contribution in [3.05, 3.63) is 29.8 Å². The highest BCUT2D eigenvalue weighted by Gasteiger charge is 2.54. The highest BCUT2D eigenvalue weighted by Crippen LogP contribution is 2.42. The molecular formula is C17H22BF3O5. The van der Waals surface area contributed by atoms with Gasteiger partial charge in [-0.2, -0.15) is 0 Å². The van der Waals surface area contributed by atoms with E-state index < -0.39 is 36.5 Å². The summed E-state index contributed by atoms with van der Waals surface area (Å²) < 4.78 is 57.5. The zero-order chi connectivity index (χ0) is 19.8. The van der Waals surface area contributed by atoms with Gasteiger partial charge in [0, 0.05) is 5.82 Å². The van der Waals surface area contributed by atoms with Gasteiger partial charge in [0.05, 0.1) is 24.7 Å². The topological polar surface area (TPSA) is 54.0 Å². The lowest BCUT2D eigenvalue weighted by atomic mass is 9.66. The summed E-state index contributed by atoms with van der Waals surface area (Å²) in [5, 5.41) is 0. The number of hydrogen-bond donors (Lipinski definition) is 0. The van der Waals surface area contributed by atoms with Crippen LogP contribution in [0.2, 0.25) is 0 Å². The largest absolute Gasteiger partial charge is 0.573 e. The molecule has 1 atom stereocenters. The van der Waals surface area contributed by atoms with Crippen molar-refractivity contribution in [2.24, 2.45) is 0 Å². The number of hydrogen-bond acceptors (Lipinski definition) is 5. The van der Waals surface area contributed by atoms with Crippen molar-refractivity contribution in [1.82, 2.24) is 0 Å². The Morgan fingerprint density at radius 1 is 1.12 bits per heavy atom. The maximum Gasteiger partial charge on any atom is 0.573 e. The second-order valence-electron chi connectivity index (χ2n) is 7.13. The molecule has 0 N–H and O–H groups in total. The average molecular weight is 374 g/mol. The van der Waals surface area contributed by atoms with Gasteiger partial charge in [-0.05, 0) is 45.4 Å². The van der Waals surface area contributed by atoms with Crippen LogP contribution >= 0.6 is 0 Å². The third-order valence-electron chi connectivity index (χ3n) is 4.76. The predicted octanol–water partition coefficient (Wildman–Crippen LogP) is 3.86. The van der Waals surface area contributed by atoms with Crippen LogP contribution in [0.15, 0.2) is 24.3 Å². The summed E-state index contributed by atoms with van der Waals surface area (Å²) in [6, 6.07) is 5.30. The Hall–Kier alpha value is -1.74. The number of halogens is 3. The fourth-order valence-corrected chi connectivity index (χ4v) is 2.60. The van der Waals surface area contributed by atoms with Crippen molar-refractivity contribution < 1.29 is 36.7 Å². The third kappa shape index (κ3) is 4.70. The molecule has 1 aromatic carbocycles. The van der Waals surface area contributed by atoms with E-state index in [2.05, 4.69) is 4.74 Å². The second kappa shape index (κ2) is 7.11. The lowest BCUT2D eigenvalue weighted by Gasteiger charge is -2.32. The molecule has 1 aliphatic rings. The van der Waals surface area contributed by atoms with Gasteiger partial charge in [0.2, 0.25) is 0 Å². The number of benzene rings is 1. The van der Waals surface area contributed by atoms with Gasteiger partial charge in [-0.15, -0.1) is 13.2 Å². The van der Waals surface area contributed by atoms with E-state index in [1.54, 1.807) is 0 Å². The summed E-state index contributed by atoms with van der Waals surface area (Å²) in [4.78, 5) is 11.8. The molecular weight excluding hydrogens is 352 g/mol. The normalized spacial score (nSPS) is 19.9. The second-order valence-corrected chi connectivity index (χ2v) is 7.13. The number of alkyl halides is 3. The highest BCUT2D eigenvalue weighted by atomic mass is 19.4. The monoisotopic (exact) mass is 374 g/mol. The van der Waals surface area contributed by atoms with E-state index in [1.165, 1.54) is 31.4 Å². The molecule has 5 nitrogen and oxygen atoms in total. The highest BCUT2D eigenvalue weighted by molar-refractivity contribution is 6.48. The van der Waals surface area contributed by atoms with Gasteiger partial charge in [0.15, 0.2) is 0 Å². The van der Waals surface area contributed by atoms with Gasteiger partial charge < -0.3 is 18.8 Å². The van der Waals surface area contributed by atoms with Crippen LogP contribution in [0.25, 0.3) is 0 Å². The third-order valence-corrected chi connectivity index (χ3v) is 4.76. The predicted molar refractivity (Wildman–Crippen MR) is 88.6 cm³/mol. The van der Waals surface area contributed by atoms with E-state index in [0.717, 1.165) is 0 Å². The van der Waals surface area contributed by atoms with E-state index in [4.69, 9.17) is 14.0 Å². The van der Waals surface area contributed by atoms with Crippen LogP contribution in [0.4, 0.5) is 13.2 Å². The Kier molecular flexibility index (Phi) is 5.63. The van der Waals surface area contributed by atoms with Gasteiger partial charge in [0.25, 0.3) is 0 Å². The first-order valence-corrected chi connectivity index (χ1v) is 8.13. The maximum absolute atomic E-state index is 12.3. The zero-order valence-electron chi connectivity index (χ0n) is 15.3. The van der Waals surface area contributed by atoms with E-state index >= 15 is 0 Å². The zero-order valence-corrected chi connectivity index (χ0v) is 15.3. The van der Waals surface area contributed by atoms with Crippen molar-refractivity contribution in [1.29, 1.82) is 0 Å². The quantitative estimate of drug-likeness (QED) is 0.579. The van der Waals surface area contributed by atoms with Crippen molar-refractivity contribution in [2.75, 3.05) is 7.11 Å². The summed E-state index contributed by atoms with van der Waals surface area (Å²) >= 11 is 0. The standard InChI is InChI=1S/C17H22BF3O5/c1-15(2)16(3,4)26-18(25-15)13(10-14(22)23-5)11-6-8-12(9-7-11)24-17(19,20)21/h6-9,13H,10H2,1-5H3. The van der Waals surface area contributed by atoms with Crippen LogP contribution in [0.5, 0.6) is 5.75 Å².